The van der Waals surface area contributed by atoms with E-state index in [2.05, 4.69) is 14.8 Å². The van der Waals surface area contributed by atoms with Crippen molar-refractivity contribution in [3.05, 3.63) is 18.2 Å². The van der Waals surface area contributed by atoms with Crippen LogP contribution in [-0.4, -0.2) is 44.8 Å². The van der Waals surface area contributed by atoms with Gasteiger partial charge in [-0.15, -0.1) is 10.2 Å². The maximum absolute atomic E-state index is 5.65. The zero-order valence-electron chi connectivity index (χ0n) is 13.9. The fraction of sp³-hybridized carbons (Fsp3) is 0.471. The predicted molar refractivity (Wildman–Crippen MR) is 94.7 cm³/mol. The van der Waals surface area contributed by atoms with Crippen molar-refractivity contribution in [2.75, 3.05) is 19.0 Å². The SMILES string of the molecule is CCOc1ccc2c(c1)c1nnc(SC[C@@H]3CCCO3)nc1n2C. The van der Waals surface area contributed by atoms with E-state index < -0.39 is 0 Å². The van der Waals surface area contributed by atoms with Gasteiger partial charge in [0.1, 0.15) is 11.3 Å². The molecule has 3 aromatic rings. The number of rotatable bonds is 5. The van der Waals surface area contributed by atoms with E-state index in [1.54, 1.807) is 11.8 Å². The quantitative estimate of drug-likeness (QED) is 0.663. The first-order chi connectivity index (χ1) is 11.8. The summed E-state index contributed by atoms with van der Waals surface area (Å²) in [6.07, 6.45) is 2.58. The zero-order valence-corrected chi connectivity index (χ0v) is 14.7. The number of thioether (sulfide) groups is 1. The van der Waals surface area contributed by atoms with E-state index in [9.17, 15) is 0 Å². The minimum Gasteiger partial charge on any atom is -0.494 e. The summed E-state index contributed by atoms with van der Waals surface area (Å²) in [5, 5.41) is 10.5. The predicted octanol–water partition coefficient (Wildman–Crippen LogP) is 3.19. The zero-order chi connectivity index (χ0) is 16.5. The van der Waals surface area contributed by atoms with Crippen LogP contribution in [0.15, 0.2) is 23.4 Å². The van der Waals surface area contributed by atoms with Gasteiger partial charge in [-0.1, -0.05) is 11.8 Å². The molecule has 0 bridgehead atoms. The second kappa shape index (κ2) is 6.57. The van der Waals surface area contributed by atoms with Crippen LogP contribution < -0.4 is 4.74 Å². The van der Waals surface area contributed by atoms with Gasteiger partial charge in [0.15, 0.2) is 5.65 Å². The maximum Gasteiger partial charge on any atom is 0.211 e. The molecule has 126 valence electrons. The summed E-state index contributed by atoms with van der Waals surface area (Å²) in [7, 11) is 2.01. The fourth-order valence-corrected chi connectivity index (χ4v) is 3.93. The van der Waals surface area contributed by atoms with Gasteiger partial charge in [0.2, 0.25) is 5.16 Å². The number of aromatic nitrogens is 4. The van der Waals surface area contributed by atoms with Crippen molar-refractivity contribution in [3.63, 3.8) is 0 Å². The van der Waals surface area contributed by atoms with Crippen molar-refractivity contribution in [3.8, 4) is 5.75 Å². The molecule has 1 atom stereocenters. The van der Waals surface area contributed by atoms with E-state index in [1.807, 2.05) is 32.2 Å². The van der Waals surface area contributed by atoms with Gasteiger partial charge in [-0.05, 0) is 38.0 Å². The van der Waals surface area contributed by atoms with Gasteiger partial charge in [0.25, 0.3) is 0 Å². The molecule has 1 saturated heterocycles. The Morgan fingerprint density at radius 2 is 2.29 bits per heavy atom. The second-order valence-electron chi connectivity index (χ2n) is 5.88. The molecule has 24 heavy (non-hydrogen) atoms. The Bertz CT molecular complexity index is 874. The van der Waals surface area contributed by atoms with Crippen LogP contribution in [0.3, 0.4) is 0 Å². The van der Waals surface area contributed by atoms with E-state index in [1.165, 1.54) is 0 Å². The Kier molecular flexibility index (Phi) is 4.28. The Balaban J connectivity index is 1.68. The first-order valence-electron chi connectivity index (χ1n) is 8.26. The standard InChI is InChI=1S/C17H20N4O2S/c1-3-22-11-6-7-14-13(9-11)15-16(21(14)2)18-17(20-19-15)24-10-12-5-4-8-23-12/h6-7,9,12H,3-5,8,10H2,1-2H3/t12-/m0/s1. The molecule has 0 saturated carbocycles. The lowest BCUT2D eigenvalue weighted by atomic mass is 10.2. The molecule has 0 N–H and O–H groups in total. The Hall–Kier alpha value is -1.86. The molecule has 0 aliphatic carbocycles. The highest BCUT2D eigenvalue weighted by Crippen LogP contribution is 2.30. The lowest BCUT2D eigenvalue weighted by Crippen LogP contribution is -2.08. The molecular weight excluding hydrogens is 324 g/mol. The topological polar surface area (TPSA) is 62.1 Å². The van der Waals surface area contributed by atoms with Gasteiger partial charge >= 0.3 is 0 Å². The molecule has 3 heterocycles. The van der Waals surface area contributed by atoms with Crippen molar-refractivity contribution < 1.29 is 9.47 Å². The summed E-state index contributed by atoms with van der Waals surface area (Å²) >= 11 is 1.61. The smallest absolute Gasteiger partial charge is 0.211 e. The number of ether oxygens (including phenoxy) is 2. The Morgan fingerprint density at radius 1 is 1.38 bits per heavy atom. The first-order valence-corrected chi connectivity index (χ1v) is 9.25. The third-order valence-corrected chi connectivity index (χ3v) is 5.25. The van der Waals surface area contributed by atoms with Gasteiger partial charge in [-0.3, -0.25) is 0 Å². The molecule has 7 heteroatoms. The van der Waals surface area contributed by atoms with Crippen molar-refractivity contribution in [1.82, 2.24) is 19.7 Å². The minimum atomic E-state index is 0.315. The van der Waals surface area contributed by atoms with Gasteiger partial charge in [0, 0.05) is 24.8 Å². The van der Waals surface area contributed by atoms with Crippen LogP contribution in [0.1, 0.15) is 19.8 Å². The molecule has 1 aliphatic rings. The average molecular weight is 344 g/mol. The van der Waals surface area contributed by atoms with Crippen LogP contribution in [-0.2, 0) is 11.8 Å². The number of benzene rings is 1. The second-order valence-corrected chi connectivity index (χ2v) is 6.87. The Morgan fingerprint density at radius 3 is 3.08 bits per heavy atom. The van der Waals surface area contributed by atoms with Crippen LogP contribution in [0, 0.1) is 0 Å². The molecule has 0 amide bonds. The van der Waals surface area contributed by atoms with Crippen LogP contribution in [0.5, 0.6) is 5.75 Å². The van der Waals surface area contributed by atoms with Crippen LogP contribution in [0.25, 0.3) is 22.1 Å². The molecule has 0 unspecified atom stereocenters. The number of hydrogen-bond donors (Lipinski definition) is 0. The largest absolute Gasteiger partial charge is 0.494 e. The highest BCUT2D eigenvalue weighted by atomic mass is 32.2. The molecule has 0 spiro atoms. The van der Waals surface area contributed by atoms with Gasteiger partial charge in [-0.2, -0.15) is 0 Å². The minimum absolute atomic E-state index is 0.315. The lowest BCUT2D eigenvalue weighted by Gasteiger charge is -2.07. The third-order valence-electron chi connectivity index (χ3n) is 4.28. The van der Waals surface area contributed by atoms with E-state index in [-0.39, 0.29) is 0 Å². The number of fused-ring (bicyclic) bond motifs is 3. The molecule has 1 fully saturated rings. The van der Waals surface area contributed by atoms with E-state index in [0.717, 1.165) is 53.0 Å². The Labute approximate surface area is 144 Å². The normalized spacial score (nSPS) is 17.8. The van der Waals surface area contributed by atoms with Gasteiger partial charge in [-0.25, -0.2) is 4.98 Å². The third kappa shape index (κ3) is 2.82. The summed E-state index contributed by atoms with van der Waals surface area (Å²) in [5.74, 6) is 1.72. The molecule has 6 nitrogen and oxygen atoms in total. The number of hydrogen-bond acceptors (Lipinski definition) is 6. The van der Waals surface area contributed by atoms with Crippen molar-refractivity contribution in [1.29, 1.82) is 0 Å². The monoisotopic (exact) mass is 344 g/mol. The van der Waals surface area contributed by atoms with Crippen molar-refractivity contribution >= 4 is 33.8 Å². The average Bonchev–Trinajstić information content (AvgIpc) is 3.21. The summed E-state index contributed by atoms with van der Waals surface area (Å²) in [5.41, 5.74) is 2.75. The van der Waals surface area contributed by atoms with Gasteiger partial charge in [0.05, 0.1) is 18.2 Å². The molecule has 1 aromatic carbocycles. The summed E-state index contributed by atoms with van der Waals surface area (Å²) in [4.78, 5) is 4.70. The fourth-order valence-electron chi connectivity index (χ4n) is 3.08. The highest BCUT2D eigenvalue weighted by Gasteiger charge is 2.18. The number of aryl methyl sites for hydroxylation is 1. The van der Waals surface area contributed by atoms with E-state index in [0.29, 0.717) is 17.9 Å². The highest BCUT2D eigenvalue weighted by molar-refractivity contribution is 7.99. The molecule has 0 radical (unpaired) electrons. The summed E-state index contributed by atoms with van der Waals surface area (Å²) < 4.78 is 13.3. The lowest BCUT2D eigenvalue weighted by molar-refractivity contribution is 0.129. The van der Waals surface area contributed by atoms with Crippen molar-refractivity contribution in [2.24, 2.45) is 7.05 Å². The van der Waals surface area contributed by atoms with Crippen LogP contribution in [0.4, 0.5) is 0 Å². The summed E-state index contributed by atoms with van der Waals surface area (Å²) in [6.45, 7) is 3.49. The molecule has 2 aromatic heterocycles. The van der Waals surface area contributed by atoms with E-state index in [4.69, 9.17) is 14.5 Å². The van der Waals surface area contributed by atoms with E-state index >= 15 is 0 Å². The maximum atomic E-state index is 5.65. The molecule has 1 aliphatic heterocycles. The first kappa shape index (κ1) is 15.7. The van der Waals surface area contributed by atoms with Crippen molar-refractivity contribution in [2.45, 2.75) is 31.0 Å². The molecular formula is C17H20N4O2S. The van der Waals surface area contributed by atoms with Gasteiger partial charge < -0.3 is 14.0 Å². The number of nitrogens with zero attached hydrogens (tertiary/aromatic N) is 4. The molecule has 4 rings (SSSR count). The van der Waals surface area contributed by atoms with Crippen LogP contribution in [0.2, 0.25) is 0 Å². The van der Waals surface area contributed by atoms with Crippen LogP contribution >= 0.6 is 11.8 Å². The summed E-state index contributed by atoms with van der Waals surface area (Å²) in [6, 6.07) is 6.03.